The number of esters is 1. The Morgan fingerprint density at radius 3 is 2.43 bits per heavy atom. The molecule has 120 valence electrons. The summed E-state index contributed by atoms with van der Waals surface area (Å²) in [5, 5.41) is 8.88. The fourth-order valence-corrected chi connectivity index (χ4v) is 2.52. The summed E-state index contributed by atoms with van der Waals surface area (Å²) in [5.74, 6) is 0.346. The Hall–Kier alpha value is -2.54. The van der Waals surface area contributed by atoms with Gasteiger partial charge >= 0.3 is 5.97 Å². The lowest BCUT2D eigenvalue weighted by atomic mass is 9.89. The molecule has 0 saturated heterocycles. The molecule has 1 atom stereocenters. The molecular formula is C19H21NO3. The molecule has 0 aromatic rings. The van der Waals surface area contributed by atoms with E-state index >= 15 is 0 Å². The molecule has 0 heterocycles. The van der Waals surface area contributed by atoms with Gasteiger partial charge in [-0.25, -0.2) is 4.79 Å². The lowest BCUT2D eigenvalue weighted by molar-refractivity contribution is -0.166. The molecule has 0 N–H and O–H groups in total. The molecular weight excluding hydrogens is 290 g/mol. The normalized spacial score (nSPS) is 18.4. The van der Waals surface area contributed by atoms with E-state index in [2.05, 4.69) is 18.7 Å². The standard InChI is InChI=1S/C19H21NO3/c1-3-18(21)23-19(4-2)22-17-11-9-16(10-12-17)15-7-5-14(13-20)6-8-15/h3,5,7,9,11,19H,1,4,6,8,10,12H2,2H3. The molecule has 4 nitrogen and oxygen atoms in total. The molecule has 4 heteroatoms. The van der Waals surface area contributed by atoms with E-state index in [1.54, 1.807) is 0 Å². The van der Waals surface area contributed by atoms with Crippen molar-refractivity contribution in [2.75, 3.05) is 0 Å². The molecule has 2 aliphatic carbocycles. The minimum atomic E-state index is -0.572. The first-order valence-electron chi connectivity index (χ1n) is 7.86. The second-order valence-corrected chi connectivity index (χ2v) is 5.42. The molecule has 0 fully saturated rings. The van der Waals surface area contributed by atoms with E-state index in [9.17, 15) is 4.79 Å². The largest absolute Gasteiger partial charge is 0.459 e. The van der Waals surface area contributed by atoms with Crippen LogP contribution in [0.3, 0.4) is 0 Å². The average molecular weight is 311 g/mol. The number of nitriles is 1. The molecule has 0 aromatic carbocycles. The number of hydrogen-bond donors (Lipinski definition) is 0. The van der Waals surface area contributed by atoms with Crippen LogP contribution in [0.25, 0.3) is 0 Å². The number of carbonyl (C=O) groups is 1. The zero-order chi connectivity index (χ0) is 16.7. The second kappa shape index (κ2) is 8.19. The first-order valence-corrected chi connectivity index (χ1v) is 7.86. The Labute approximate surface area is 137 Å². The first kappa shape index (κ1) is 16.8. The zero-order valence-corrected chi connectivity index (χ0v) is 13.4. The monoisotopic (exact) mass is 311 g/mol. The number of hydrogen-bond acceptors (Lipinski definition) is 4. The number of allylic oxidation sites excluding steroid dienone is 8. The van der Waals surface area contributed by atoms with Crippen LogP contribution in [0.5, 0.6) is 0 Å². The molecule has 2 aliphatic rings. The summed E-state index contributed by atoms with van der Waals surface area (Å²) in [6.07, 6.45) is 12.5. The van der Waals surface area contributed by atoms with Gasteiger partial charge in [-0.05, 0) is 42.6 Å². The molecule has 0 radical (unpaired) electrons. The van der Waals surface area contributed by atoms with Gasteiger partial charge in [0.05, 0.1) is 6.07 Å². The molecule has 0 aliphatic heterocycles. The topological polar surface area (TPSA) is 59.3 Å². The highest BCUT2D eigenvalue weighted by molar-refractivity contribution is 5.81. The van der Waals surface area contributed by atoms with Gasteiger partial charge in [0, 0.05) is 24.5 Å². The van der Waals surface area contributed by atoms with E-state index in [4.69, 9.17) is 14.7 Å². The molecule has 0 aromatic heterocycles. The molecule has 0 saturated carbocycles. The first-order chi connectivity index (χ1) is 11.2. The second-order valence-electron chi connectivity index (χ2n) is 5.42. The minimum Gasteiger partial charge on any atom is -0.459 e. The van der Waals surface area contributed by atoms with Crippen molar-refractivity contribution in [1.82, 2.24) is 0 Å². The van der Waals surface area contributed by atoms with E-state index < -0.39 is 12.3 Å². The summed E-state index contributed by atoms with van der Waals surface area (Å²) in [6, 6.07) is 2.20. The molecule has 2 rings (SSSR count). The van der Waals surface area contributed by atoms with Crippen LogP contribution in [-0.4, -0.2) is 12.3 Å². The van der Waals surface area contributed by atoms with Crippen LogP contribution >= 0.6 is 0 Å². The van der Waals surface area contributed by atoms with Gasteiger partial charge in [0.15, 0.2) is 0 Å². The lowest BCUT2D eigenvalue weighted by Gasteiger charge is -2.23. The van der Waals surface area contributed by atoms with Crippen LogP contribution in [0.2, 0.25) is 0 Å². The van der Waals surface area contributed by atoms with Crippen molar-refractivity contribution in [3.05, 3.63) is 59.4 Å². The van der Waals surface area contributed by atoms with Crippen LogP contribution in [0.4, 0.5) is 0 Å². The zero-order valence-electron chi connectivity index (χ0n) is 13.4. The Bertz CT molecular complexity index is 644. The van der Waals surface area contributed by atoms with E-state index in [0.29, 0.717) is 6.42 Å². The Kier molecular flexibility index (Phi) is 5.99. The summed E-state index contributed by atoms with van der Waals surface area (Å²) in [6.45, 7) is 5.28. The highest BCUT2D eigenvalue weighted by Gasteiger charge is 2.17. The summed E-state index contributed by atoms with van der Waals surface area (Å²) in [4.78, 5) is 11.2. The van der Waals surface area contributed by atoms with E-state index in [1.807, 2.05) is 25.2 Å². The third kappa shape index (κ3) is 4.72. The van der Waals surface area contributed by atoms with Crippen molar-refractivity contribution in [2.45, 2.75) is 45.3 Å². The van der Waals surface area contributed by atoms with Gasteiger partial charge in [-0.2, -0.15) is 5.26 Å². The highest BCUT2D eigenvalue weighted by Crippen LogP contribution is 2.31. The van der Waals surface area contributed by atoms with Gasteiger partial charge in [-0.3, -0.25) is 0 Å². The third-order valence-corrected chi connectivity index (χ3v) is 3.85. The van der Waals surface area contributed by atoms with E-state index in [-0.39, 0.29) is 0 Å². The van der Waals surface area contributed by atoms with Gasteiger partial charge in [0.2, 0.25) is 6.29 Å². The summed E-state index contributed by atoms with van der Waals surface area (Å²) < 4.78 is 10.9. The number of ether oxygens (including phenoxy) is 2. The quantitative estimate of drug-likeness (QED) is 0.418. The maximum absolute atomic E-state index is 11.2. The highest BCUT2D eigenvalue weighted by atomic mass is 16.7. The van der Waals surface area contributed by atoms with Crippen LogP contribution in [0, 0.1) is 11.3 Å². The van der Waals surface area contributed by atoms with Crippen LogP contribution in [0.1, 0.15) is 39.0 Å². The Morgan fingerprint density at radius 2 is 1.96 bits per heavy atom. The lowest BCUT2D eigenvalue weighted by Crippen LogP contribution is -2.19. The predicted molar refractivity (Wildman–Crippen MR) is 87.9 cm³/mol. The third-order valence-electron chi connectivity index (χ3n) is 3.85. The predicted octanol–water partition coefficient (Wildman–Crippen LogP) is 4.24. The number of carbonyl (C=O) groups excluding carboxylic acids is 1. The Morgan fingerprint density at radius 1 is 1.26 bits per heavy atom. The maximum Gasteiger partial charge on any atom is 0.333 e. The van der Waals surface area contributed by atoms with Gasteiger partial charge < -0.3 is 9.47 Å². The van der Waals surface area contributed by atoms with Crippen LogP contribution in [0.15, 0.2) is 59.4 Å². The molecule has 1 unspecified atom stereocenters. The fraction of sp³-hybridized carbons (Fsp3) is 0.368. The summed E-state index contributed by atoms with van der Waals surface area (Å²) in [7, 11) is 0. The van der Waals surface area contributed by atoms with Crippen molar-refractivity contribution in [1.29, 1.82) is 5.26 Å². The number of nitrogens with zero attached hydrogens (tertiary/aromatic N) is 1. The molecule has 0 spiro atoms. The van der Waals surface area contributed by atoms with Gasteiger partial charge in [0.25, 0.3) is 0 Å². The van der Waals surface area contributed by atoms with E-state index in [1.165, 1.54) is 11.1 Å². The van der Waals surface area contributed by atoms with Gasteiger partial charge in [-0.15, -0.1) is 0 Å². The van der Waals surface area contributed by atoms with Crippen molar-refractivity contribution in [3.8, 4) is 6.07 Å². The minimum absolute atomic E-state index is 0.475. The molecule has 23 heavy (non-hydrogen) atoms. The van der Waals surface area contributed by atoms with Gasteiger partial charge in [-0.1, -0.05) is 25.7 Å². The SMILES string of the molecule is C=CC(=O)OC(CC)OC1=CC=C(C2=CC=C(C#N)CC2)CC1. The summed E-state index contributed by atoms with van der Waals surface area (Å²) in [5.41, 5.74) is 3.39. The van der Waals surface area contributed by atoms with E-state index in [0.717, 1.165) is 43.1 Å². The van der Waals surface area contributed by atoms with Crippen LogP contribution < -0.4 is 0 Å². The maximum atomic E-state index is 11.2. The Balaban J connectivity index is 1.99. The smallest absolute Gasteiger partial charge is 0.333 e. The van der Waals surface area contributed by atoms with Crippen molar-refractivity contribution in [2.24, 2.45) is 0 Å². The molecule has 0 amide bonds. The number of rotatable bonds is 6. The fourth-order valence-electron chi connectivity index (χ4n) is 2.52. The average Bonchev–Trinajstić information content (AvgIpc) is 2.61. The van der Waals surface area contributed by atoms with Crippen molar-refractivity contribution >= 4 is 5.97 Å². The molecule has 0 bridgehead atoms. The van der Waals surface area contributed by atoms with Crippen LogP contribution in [-0.2, 0) is 14.3 Å². The van der Waals surface area contributed by atoms with Crippen molar-refractivity contribution in [3.63, 3.8) is 0 Å². The summed E-state index contributed by atoms with van der Waals surface area (Å²) >= 11 is 0. The van der Waals surface area contributed by atoms with Gasteiger partial charge in [0.1, 0.15) is 5.76 Å². The van der Waals surface area contributed by atoms with Crippen molar-refractivity contribution < 1.29 is 14.3 Å².